The minimum atomic E-state index is -1.54. The summed E-state index contributed by atoms with van der Waals surface area (Å²) in [6.07, 6.45) is 5.31. The highest BCUT2D eigenvalue weighted by Gasteiger charge is 2.49. The lowest BCUT2D eigenvalue weighted by Crippen LogP contribution is -3.00. The fourth-order valence-corrected chi connectivity index (χ4v) is 5.21. The molecule has 1 N–H and O–H groups in total. The van der Waals surface area contributed by atoms with Crippen molar-refractivity contribution in [2.24, 2.45) is 5.92 Å². The second-order valence-corrected chi connectivity index (χ2v) is 9.67. The zero-order valence-electron chi connectivity index (χ0n) is 19.5. The number of rotatable bonds is 8. The number of piperidine rings is 1. The molecule has 2 aromatic rings. The van der Waals surface area contributed by atoms with Crippen molar-refractivity contribution in [2.45, 2.75) is 50.2 Å². The number of benzene rings is 2. The van der Waals surface area contributed by atoms with E-state index in [1.165, 1.54) is 0 Å². The number of hydrogen-bond acceptors (Lipinski definition) is 4. The summed E-state index contributed by atoms with van der Waals surface area (Å²) in [7, 11) is 2.24. The quantitative estimate of drug-likeness (QED) is 0.423. The van der Waals surface area contributed by atoms with Gasteiger partial charge in [-0.15, -0.1) is 0 Å². The van der Waals surface area contributed by atoms with Crippen molar-refractivity contribution in [2.75, 3.05) is 33.3 Å². The molecule has 1 saturated heterocycles. The minimum absolute atomic E-state index is 0. The largest absolute Gasteiger partial charge is 1.00 e. The molecule has 1 aliphatic heterocycles. The zero-order valence-corrected chi connectivity index (χ0v) is 21.1. The van der Waals surface area contributed by atoms with Crippen LogP contribution in [0.15, 0.2) is 60.7 Å². The molecule has 1 atom stereocenters. The average Bonchev–Trinajstić information content (AvgIpc) is 3.37. The molecule has 1 heterocycles. The Hall–Kier alpha value is -1.89. The lowest BCUT2D eigenvalue weighted by atomic mass is 9.80. The predicted molar refractivity (Wildman–Crippen MR) is 124 cm³/mol. The summed E-state index contributed by atoms with van der Waals surface area (Å²) >= 11 is 0. The van der Waals surface area contributed by atoms with Crippen LogP contribution in [0.5, 0.6) is 5.75 Å². The molecule has 2 aliphatic rings. The van der Waals surface area contributed by atoms with Crippen LogP contribution in [0.25, 0.3) is 0 Å². The Bertz CT molecular complexity index is 864. The maximum Gasteiger partial charge on any atom is 0.343 e. The molecule has 4 rings (SSSR count). The molecular formula is C27H36BrNO4. The van der Waals surface area contributed by atoms with E-state index < -0.39 is 11.6 Å². The van der Waals surface area contributed by atoms with E-state index in [0.29, 0.717) is 12.2 Å². The van der Waals surface area contributed by atoms with E-state index in [1.807, 2.05) is 60.7 Å². The summed E-state index contributed by atoms with van der Waals surface area (Å²) in [5.41, 5.74) is -0.886. The number of aliphatic hydroxyl groups is 1. The first-order chi connectivity index (χ1) is 15.5. The summed E-state index contributed by atoms with van der Waals surface area (Å²) in [6.45, 7) is 3.46. The van der Waals surface area contributed by atoms with Gasteiger partial charge in [-0.25, -0.2) is 4.79 Å². The Morgan fingerprint density at radius 3 is 2.15 bits per heavy atom. The molecule has 0 bridgehead atoms. The molecule has 0 radical (unpaired) electrons. The summed E-state index contributed by atoms with van der Waals surface area (Å²) in [6, 6.07) is 19.3. The standard InChI is InChI=1S/C27H36NO4.BrH/c1-28(20-21-31-24-14-6-3-7-15-24)18-16-25(17-19-28)32-26(29)27(30,23-12-8-9-13-23)22-10-4-2-5-11-22;/h2-7,10-11,14-15,23,25,30H,8-9,12-13,16-21H2,1H3;1H/q+1;/p-1/t25?,27-,28?;/m0./s1. The third-order valence-corrected chi connectivity index (χ3v) is 7.37. The number of likely N-dealkylation sites (tertiary alicyclic amines) is 1. The highest BCUT2D eigenvalue weighted by molar-refractivity contribution is 5.81. The fourth-order valence-electron chi connectivity index (χ4n) is 5.21. The maximum atomic E-state index is 13.3. The SMILES string of the molecule is C[N+]1(CCOc2ccccc2)CCC(OC(=O)[C@](O)(c2ccccc2)C2CCCC2)CC1.[Br-]. The van der Waals surface area contributed by atoms with E-state index in [0.717, 1.165) is 68.4 Å². The fraction of sp³-hybridized carbons (Fsp3) is 0.519. The summed E-state index contributed by atoms with van der Waals surface area (Å²) in [5, 5.41) is 11.6. The number of carbonyl (C=O) groups is 1. The van der Waals surface area contributed by atoms with Gasteiger partial charge in [0.25, 0.3) is 0 Å². The number of likely N-dealkylation sites (N-methyl/N-ethyl adjacent to an activating group) is 1. The molecule has 0 spiro atoms. The van der Waals surface area contributed by atoms with Gasteiger partial charge in [-0.2, -0.15) is 0 Å². The Morgan fingerprint density at radius 1 is 0.970 bits per heavy atom. The number of quaternary nitrogens is 1. The first-order valence-electron chi connectivity index (χ1n) is 12.0. The van der Waals surface area contributed by atoms with E-state index in [-0.39, 0.29) is 29.0 Å². The Morgan fingerprint density at radius 2 is 1.55 bits per heavy atom. The number of carbonyl (C=O) groups excluding carboxylic acids is 1. The number of hydrogen-bond donors (Lipinski definition) is 1. The van der Waals surface area contributed by atoms with Gasteiger partial charge in [-0.05, 0) is 30.5 Å². The lowest BCUT2D eigenvalue weighted by Gasteiger charge is -2.41. The molecular weight excluding hydrogens is 482 g/mol. The number of esters is 1. The molecule has 33 heavy (non-hydrogen) atoms. The van der Waals surface area contributed by atoms with Gasteiger partial charge in [0.05, 0.1) is 20.1 Å². The highest BCUT2D eigenvalue weighted by atomic mass is 79.9. The van der Waals surface area contributed by atoms with Crippen LogP contribution >= 0.6 is 0 Å². The Balaban J connectivity index is 0.00000306. The van der Waals surface area contributed by atoms with Crippen molar-refractivity contribution < 1.29 is 40.8 Å². The van der Waals surface area contributed by atoms with Crippen LogP contribution in [0, 0.1) is 5.92 Å². The smallest absolute Gasteiger partial charge is 0.343 e. The highest BCUT2D eigenvalue weighted by Crippen LogP contribution is 2.42. The van der Waals surface area contributed by atoms with Crippen molar-refractivity contribution in [3.8, 4) is 5.75 Å². The van der Waals surface area contributed by atoms with Crippen molar-refractivity contribution in [1.29, 1.82) is 0 Å². The van der Waals surface area contributed by atoms with E-state index in [2.05, 4.69) is 7.05 Å². The van der Waals surface area contributed by atoms with E-state index in [9.17, 15) is 9.90 Å². The van der Waals surface area contributed by atoms with Gasteiger partial charge in [-0.3, -0.25) is 0 Å². The van der Waals surface area contributed by atoms with Crippen molar-refractivity contribution in [3.05, 3.63) is 66.2 Å². The summed E-state index contributed by atoms with van der Waals surface area (Å²) < 4.78 is 12.8. The number of nitrogens with zero attached hydrogens (tertiary/aromatic N) is 1. The summed E-state index contributed by atoms with van der Waals surface area (Å²) in [4.78, 5) is 13.3. The third kappa shape index (κ3) is 6.17. The van der Waals surface area contributed by atoms with Crippen molar-refractivity contribution in [1.82, 2.24) is 0 Å². The van der Waals surface area contributed by atoms with Crippen LogP contribution in [-0.4, -0.2) is 55.0 Å². The second kappa shape index (κ2) is 11.5. The maximum absolute atomic E-state index is 13.3. The minimum Gasteiger partial charge on any atom is -1.00 e. The Labute approximate surface area is 208 Å². The molecule has 2 fully saturated rings. The second-order valence-electron chi connectivity index (χ2n) is 9.67. The molecule has 0 unspecified atom stereocenters. The van der Waals surface area contributed by atoms with Crippen LogP contribution in [0.2, 0.25) is 0 Å². The van der Waals surface area contributed by atoms with E-state index in [1.54, 1.807) is 0 Å². The predicted octanol–water partition coefficient (Wildman–Crippen LogP) is 1.30. The number of halogens is 1. The van der Waals surface area contributed by atoms with Crippen molar-refractivity contribution >= 4 is 5.97 Å². The molecule has 0 amide bonds. The topological polar surface area (TPSA) is 55.8 Å². The molecule has 5 nitrogen and oxygen atoms in total. The van der Waals surface area contributed by atoms with Gasteiger partial charge in [0.1, 0.15) is 25.0 Å². The first-order valence-corrected chi connectivity index (χ1v) is 12.0. The van der Waals surface area contributed by atoms with Crippen molar-refractivity contribution in [3.63, 3.8) is 0 Å². The van der Waals surface area contributed by atoms with Gasteiger partial charge in [-0.1, -0.05) is 61.4 Å². The van der Waals surface area contributed by atoms with Gasteiger partial charge in [0.2, 0.25) is 0 Å². The van der Waals surface area contributed by atoms with Gasteiger partial charge >= 0.3 is 5.97 Å². The number of para-hydroxylation sites is 1. The first kappa shape index (κ1) is 25.7. The Kier molecular flexibility index (Phi) is 8.96. The monoisotopic (exact) mass is 517 g/mol. The van der Waals surface area contributed by atoms with E-state index in [4.69, 9.17) is 9.47 Å². The van der Waals surface area contributed by atoms with E-state index >= 15 is 0 Å². The van der Waals surface area contributed by atoms with Gasteiger partial charge in [0, 0.05) is 18.8 Å². The third-order valence-electron chi connectivity index (χ3n) is 7.37. The summed E-state index contributed by atoms with van der Waals surface area (Å²) in [5.74, 6) is 0.358. The van der Waals surface area contributed by atoms with Crippen LogP contribution in [-0.2, 0) is 15.1 Å². The van der Waals surface area contributed by atoms with Crippen LogP contribution < -0.4 is 21.7 Å². The zero-order chi connectivity index (χ0) is 22.4. The molecule has 180 valence electrons. The number of ether oxygens (including phenoxy) is 2. The molecule has 1 saturated carbocycles. The lowest BCUT2D eigenvalue weighted by molar-refractivity contribution is -0.915. The van der Waals surface area contributed by atoms with Gasteiger partial charge in [0.15, 0.2) is 5.60 Å². The van der Waals surface area contributed by atoms with Crippen LogP contribution in [0.4, 0.5) is 0 Å². The van der Waals surface area contributed by atoms with Crippen LogP contribution in [0.3, 0.4) is 0 Å². The molecule has 6 heteroatoms. The molecule has 1 aliphatic carbocycles. The normalized spacial score (nSPS) is 25.0. The van der Waals surface area contributed by atoms with Crippen LogP contribution in [0.1, 0.15) is 44.1 Å². The molecule has 2 aromatic carbocycles. The van der Waals surface area contributed by atoms with Gasteiger partial charge < -0.3 is 36.0 Å². The molecule has 0 aromatic heterocycles. The average molecular weight is 518 g/mol.